The molecule has 2 atom stereocenters. The van der Waals surface area contributed by atoms with Crippen LogP contribution in [0, 0.1) is 6.92 Å². The second-order valence-corrected chi connectivity index (χ2v) is 7.09. The van der Waals surface area contributed by atoms with Gasteiger partial charge >= 0.3 is 6.03 Å². The highest BCUT2D eigenvalue weighted by molar-refractivity contribution is 5.89. The van der Waals surface area contributed by atoms with Crippen molar-refractivity contribution in [1.82, 2.24) is 30.5 Å². The molecule has 0 radical (unpaired) electrons. The van der Waals surface area contributed by atoms with Crippen LogP contribution in [-0.4, -0.2) is 58.0 Å². The number of hydrogen-bond acceptors (Lipinski definition) is 5. The average molecular weight is 385 g/mol. The van der Waals surface area contributed by atoms with E-state index in [4.69, 9.17) is 0 Å². The van der Waals surface area contributed by atoms with Gasteiger partial charge in [-0.05, 0) is 32.4 Å². The molecule has 2 aromatic rings. The van der Waals surface area contributed by atoms with E-state index >= 15 is 0 Å². The molecule has 0 aliphatic carbocycles. The van der Waals surface area contributed by atoms with Gasteiger partial charge in [-0.2, -0.15) is 0 Å². The van der Waals surface area contributed by atoms with Crippen LogP contribution in [0.1, 0.15) is 30.6 Å². The molecule has 3 N–H and O–H groups in total. The van der Waals surface area contributed by atoms with E-state index in [9.17, 15) is 9.59 Å². The van der Waals surface area contributed by atoms with Crippen molar-refractivity contribution in [3.8, 4) is 0 Å². The Hall–Kier alpha value is -2.94. The second kappa shape index (κ2) is 8.83. The van der Waals surface area contributed by atoms with Gasteiger partial charge in [0.05, 0.1) is 24.8 Å². The summed E-state index contributed by atoms with van der Waals surface area (Å²) < 4.78 is 1.77. The molecular weight excluding hydrogens is 358 g/mol. The first-order valence-electron chi connectivity index (χ1n) is 9.47. The zero-order chi connectivity index (χ0) is 20.1. The molecule has 1 aliphatic rings. The molecule has 1 fully saturated rings. The predicted octanol–water partition coefficient (Wildman–Crippen LogP) is 1.29. The Balaban J connectivity index is 1.53. The van der Waals surface area contributed by atoms with Crippen molar-refractivity contribution in [2.75, 3.05) is 25.5 Å². The first-order valence-corrected chi connectivity index (χ1v) is 9.47. The lowest BCUT2D eigenvalue weighted by Gasteiger charge is -2.16. The van der Waals surface area contributed by atoms with Crippen LogP contribution in [0.4, 0.5) is 10.5 Å². The molecule has 3 amide bonds. The van der Waals surface area contributed by atoms with E-state index in [-0.39, 0.29) is 24.0 Å². The van der Waals surface area contributed by atoms with E-state index in [0.717, 1.165) is 11.3 Å². The molecule has 0 spiro atoms. The number of urea groups is 1. The van der Waals surface area contributed by atoms with Crippen molar-refractivity contribution in [2.24, 2.45) is 0 Å². The number of aromatic nitrogens is 3. The fraction of sp³-hybridized carbons (Fsp3) is 0.474. The van der Waals surface area contributed by atoms with Crippen molar-refractivity contribution in [2.45, 2.75) is 38.9 Å². The van der Waals surface area contributed by atoms with Gasteiger partial charge in [0.2, 0.25) is 5.91 Å². The minimum atomic E-state index is -0.211. The highest BCUT2D eigenvalue weighted by atomic mass is 16.2. The van der Waals surface area contributed by atoms with Crippen LogP contribution in [0.5, 0.6) is 0 Å². The van der Waals surface area contributed by atoms with Crippen molar-refractivity contribution in [3.63, 3.8) is 0 Å². The molecule has 1 aromatic heterocycles. The van der Waals surface area contributed by atoms with Crippen LogP contribution >= 0.6 is 0 Å². The molecule has 1 saturated heterocycles. The highest BCUT2D eigenvalue weighted by Gasteiger charge is 2.30. The van der Waals surface area contributed by atoms with Gasteiger partial charge in [-0.15, -0.1) is 5.10 Å². The minimum absolute atomic E-state index is 0.0119. The van der Waals surface area contributed by atoms with Gasteiger partial charge in [-0.3, -0.25) is 4.79 Å². The smallest absolute Gasteiger partial charge is 0.321 e. The molecule has 1 aromatic carbocycles. The number of benzene rings is 1. The summed E-state index contributed by atoms with van der Waals surface area (Å²) in [6, 6.07) is 7.29. The molecular formula is C19H27N7O2. The maximum Gasteiger partial charge on any atom is 0.321 e. The third kappa shape index (κ3) is 4.86. The number of nitrogens with one attached hydrogen (secondary N) is 3. The average Bonchev–Trinajstić information content (AvgIpc) is 3.33. The number of anilines is 1. The number of aryl methyl sites for hydroxylation is 1. The van der Waals surface area contributed by atoms with Crippen molar-refractivity contribution < 1.29 is 9.59 Å². The molecule has 0 saturated carbocycles. The van der Waals surface area contributed by atoms with Crippen LogP contribution in [0.2, 0.25) is 0 Å². The largest absolute Gasteiger partial charge is 0.355 e. The fourth-order valence-corrected chi connectivity index (χ4v) is 3.15. The summed E-state index contributed by atoms with van der Waals surface area (Å²) in [6.07, 6.45) is 2.50. The van der Waals surface area contributed by atoms with Gasteiger partial charge in [0.25, 0.3) is 0 Å². The molecule has 9 nitrogen and oxygen atoms in total. The molecule has 9 heteroatoms. The molecule has 0 bridgehead atoms. The molecule has 150 valence electrons. The van der Waals surface area contributed by atoms with Crippen molar-refractivity contribution in [1.29, 1.82) is 0 Å². The Kier molecular flexibility index (Phi) is 6.25. The minimum Gasteiger partial charge on any atom is -0.355 e. The number of hydrogen-bond donors (Lipinski definition) is 3. The zero-order valence-corrected chi connectivity index (χ0v) is 16.5. The first kappa shape index (κ1) is 19.8. The summed E-state index contributed by atoms with van der Waals surface area (Å²) in [5, 5.41) is 17.3. The normalized spacial score (nSPS) is 18.7. The Labute approximate surface area is 164 Å². The first-order chi connectivity index (χ1) is 13.5. The van der Waals surface area contributed by atoms with E-state index in [1.54, 1.807) is 16.6 Å². The summed E-state index contributed by atoms with van der Waals surface area (Å²) in [5.74, 6) is 0.0119. The van der Waals surface area contributed by atoms with Crippen LogP contribution in [0.3, 0.4) is 0 Å². The Bertz CT molecular complexity index is 818. The van der Waals surface area contributed by atoms with E-state index < -0.39 is 0 Å². The Morgan fingerprint density at radius 1 is 1.32 bits per heavy atom. The van der Waals surface area contributed by atoms with Crippen molar-refractivity contribution in [3.05, 3.63) is 41.7 Å². The number of likely N-dealkylation sites (N-methyl/N-ethyl adjacent to an activating group) is 1. The highest BCUT2D eigenvalue weighted by Crippen LogP contribution is 2.19. The van der Waals surface area contributed by atoms with Gasteiger partial charge < -0.3 is 20.9 Å². The molecule has 2 heterocycles. The van der Waals surface area contributed by atoms with E-state index in [1.807, 2.05) is 44.3 Å². The number of nitrogens with zero attached hydrogens (tertiary/aromatic N) is 4. The van der Waals surface area contributed by atoms with Gasteiger partial charge in [-0.1, -0.05) is 22.9 Å². The van der Waals surface area contributed by atoms with Gasteiger partial charge in [0, 0.05) is 25.8 Å². The predicted molar refractivity (Wildman–Crippen MR) is 106 cm³/mol. The summed E-state index contributed by atoms with van der Waals surface area (Å²) in [7, 11) is 1.71. The quantitative estimate of drug-likeness (QED) is 0.695. The van der Waals surface area contributed by atoms with Crippen LogP contribution < -0.4 is 16.0 Å². The molecule has 3 rings (SSSR count). The number of amides is 3. The van der Waals surface area contributed by atoms with Crippen molar-refractivity contribution >= 4 is 17.6 Å². The number of carbonyl (C=O) groups is 2. The molecule has 0 unspecified atom stereocenters. The topological polar surface area (TPSA) is 104 Å². The maximum absolute atomic E-state index is 12.3. The van der Waals surface area contributed by atoms with E-state index in [0.29, 0.717) is 31.7 Å². The molecule has 1 aliphatic heterocycles. The summed E-state index contributed by atoms with van der Waals surface area (Å²) in [6.45, 7) is 5.52. The summed E-state index contributed by atoms with van der Waals surface area (Å²) >= 11 is 0. The zero-order valence-electron chi connectivity index (χ0n) is 16.5. The van der Waals surface area contributed by atoms with Gasteiger partial charge in [0.1, 0.15) is 5.69 Å². The van der Waals surface area contributed by atoms with Gasteiger partial charge in [0.15, 0.2) is 0 Å². The van der Waals surface area contributed by atoms with Crippen LogP contribution in [-0.2, 0) is 11.3 Å². The van der Waals surface area contributed by atoms with Gasteiger partial charge in [-0.25, -0.2) is 9.48 Å². The fourth-order valence-electron chi connectivity index (χ4n) is 3.15. The van der Waals surface area contributed by atoms with Crippen LogP contribution in [0.15, 0.2) is 30.5 Å². The second-order valence-electron chi connectivity index (χ2n) is 7.09. The Morgan fingerprint density at radius 3 is 2.79 bits per heavy atom. The lowest BCUT2D eigenvalue weighted by Crippen LogP contribution is -2.40. The van der Waals surface area contributed by atoms with E-state index in [1.165, 1.54) is 0 Å². The summed E-state index contributed by atoms with van der Waals surface area (Å²) in [5.41, 5.74) is 2.58. The number of carbonyl (C=O) groups excluding carboxylic acids is 2. The lowest BCUT2D eigenvalue weighted by molar-refractivity contribution is -0.122. The Morgan fingerprint density at radius 2 is 2.07 bits per heavy atom. The van der Waals surface area contributed by atoms with Crippen LogP contribution in [0.25, 0.3) is 0 Å². The maximum atomic E-state index is 12.3. The number of rotatable bonds is 6. The van der Waals surface area contributed by atoms with E-state index in [2.05, 4.69) is 26.3 Å². The third-order valence-electron chi connectivity index (χ3n) is 4.76. The summed E-state index contributed by atoms with van der Waals surface area (Å²) in [4.78, 5) is 25.9. The lowest BCUT2D eigenvalue weighted by atomic mass is 10.1. The standard InChI is InChI=1S/C19H27N7O2/c1-4-20-18(27)17-9-16(10-21-17)26-12-15(23-24-26)11-25(3)19(28)22-14-7-5-13(2)6-8-14/h5-8,12,16-17,21H,4,9-11H2,1-3H3,(H,20,27)(H,22,28)/t16-,17-/m0/s1. The molecule has 28 heavy (non-hydrogen) atoms. The SMILES string of the molecule is CCNC(=O)[C@@H]1C[C@H](n2cc(CN(C)C(=O)Nc3ccc(C)cc3)nn2)CN1. The monoisotopic (exact) mass is 385 g/mol. The third-order valence-corrected chi connectivity index (χ3v) is 4.76.